The van der Waals surface area contributed by atoms with Gasteiger partial charge in [0.2, 0.25) is 0 Å². The highest BCUT2D eigenvalue weighted by molar-refractivity contribution is 5.38. The van der Waals surface area contributed by atoms with Crippen molar-refractivity contribution in [1.82, 2.24) is 9.88 Å². The molecule has 1 atom stereocenters. The van der Waals surface area contributed by atoms with Gasteiger partial charge in [-0.25, -0.2) is 4.98 Å². The minimum atomic E-state index is 0.518. The molecule has 1 aliphatic heterocycles. The summed E-state index contributed by atoms with van der Waals surface area (Å²) in [6.45, 7) is 2.54. The second-order valence-electron chi connectivity index (χ2n) is 3.98. The molecule has 82 valence electrons. The van der Waals surface area contributed by atoms with Gasteiger partial charge < -0.3 is 10.5 Å². The molecule has 15 heavy (non-hydrogen) atoms. The Morgan fingerprint density at radius 2 is 2.53 bits per heavy atom. The average Bonchev–Trinajstić information content (AvgIpc) is 2.74. The number of nitrogens with two attached hydrogens (primary N) is 1. The van der Waals surface area contributed by atoms with Gasteiger partial charge in [0, 0.05) is 31.0 Å². The zero-order valence-corrected chi connectivity index (χ0v) is 9.02. The number of nitrogen functional groups attached to an aromatic ring is 1. The fourth-order valence-electron chi connectivity index (χ4n) is 1.85. The molecule has 1 aromatic rings. The van der Waals surface area contributed by atoms with E-state index < -0.39 is 0 Å². The summed E-state index contributed by atoms with van der Waals surface area (Å²) in [5.74, 6) is 0.628. The van der Waals surface area contributed by atoms with Crippen LogP contribution in [-0.2, 0) is 11.3 Å². The van der Waals surface area contributed by atoms with E-state index in [1.54, 1.807) is 6.20 Å². The number of anilines is 1. The van der Waals surface area contributed by atoms with Crippen molar-refractivity contribution in [3.05, 3.63) is 23.9 Å². The number of hydrogen-bond acceptors (Lipinski definition) is 4. The van der Waals surface area contributed by atoms with Gasteiger partial charge in [0.15, 0.2) is 0 Å². The molecule has 2 rings (SSSR count). The Morgan fingerprint density at radius 1 is 1.67 bits per heavy atom. The predicted octanol–water partition coefficient (Wildman–Crippen LogP) is 0.885. The third-order valence-corrected chi connectivity index (χ3v) is 2.87. The van der Waals surface area contributed by atoms with Gasteiger partial charge in [0.05, 0.1) is 6.61 Å². The summed E-state index contributed by atoms with van der Waals surface area (Å²) in [7, 11) is 2.10. The van der Waals surface area contributed by atoms with Gasteiger partial charge >= 0.3 is 0 Å². The fourth-order valence-corrected chi connectivity index (χ4v) is 1.85. The first-order valence-electron chi connectivity index (χ1n) is 5.24. The second-order valence-corrected chi connectivity index (χ2v) is 3.98. The van der Waals surface area contributed by atoms with Gasteiger partial charge in [0.1, 0.15) is 5.82 Å². The summed E-state index contributed by atoms with van der Waals surface area (Å²) in [5, 5.41) is 0. The van der Waals surface area contributed by atoms with Crippen molar-refractivity contribution in [2.45, 2.75) is 19.0 Å². The van der Waals surface area contributed by atoms with Crippen LogP contribution in [0.2, 0.25) is 0 Å². The minimum absolute atomic E-state index is 0.518. The third kappa shape index (κ3) is 2.46. The first-order chi connectivity index (χ1) is 7.27. The lowest BCUT2D eigenvalue weighted by molar-refractivity contribution is 0.156. The quantitative estimate of drug-likeness (QED) is 0.799. The van der Waals surface area contributed by atoms with Crippen LogP contribution in [-0.4, -0.2) is 36.2 Å². The molecule has 1 fully saturated rings. The van der Waals surface area contributed by atoms with Gasteiger partial charge in [0.25, 0.3) is 0 Å². The lowest BCUT2D eigenvalue weighted by Gasteiger charge is -2.23. The number of nitrogens with zero attached hydrogens (tertiary/aromatic N) is 2. The van der Waals surface area contributed by atoms with Crippen molar-refractivity contribution in [2.24, 2.45) is 0 Å². The number of rotatable bonds is 3. The first kappa shape index (κ1) is 10.4. The van der Waals surface area contributed by atoms with Crippen molar-refractivity contribution in [1.29, 1.82) is 0 Å². The van der Waals surface area contributed by atoms with E-state index in [-0.39, 0.29) is 0 Å². The summed E-state index contributed by atoms with van der Waals surface area (Å²) < 4.78 is 5.36. The SMILES string of the molecule is CN(Cc1cccnc1N)C1CCOC1. The topological polar surface area (TPSA) is 51.4 Å². The van der Waals surface area contributed by atoms with Gasteiger partial charge in [-0.3, -0.25) is 4.90 Å². The van der Waals surface area contributed by atoms with E-state index in [4.69, 9.17) is 10.5 Å². The fraction of sp³-hybridized carbons (Fsp3) is 0.545. The molecule has 2 N–H and O–H groups in total. The van der Waals surface area contributed by atoms with Crippen LogP contribution in [0.3, 0.4) is 0 Å². The van der Waals surface area contributed by atoms with Crippen LogP contribution in [0.5, 0.6) is 0 Å². The molecule has 1 aliphatic rings. The van der Waals surface area contributed by atoms with Gasteiger partial charge in [-0.2, -0.15) is 0 Å². The highest BCUT2D eigenvalue weighted by atomic mass is 16.5. The van der Waals surface area contributed by atoms with E-state index in [1.807, 2.05) is 12.1 Å². The predicted molar refractivity (Wildman–Crippen MR) is 59.3 cm³/mol. The Hall–Kier alpha value is -1.13. The van der Waals surface area contributed by atoms with Crippen LogP contribution in [0, 0.1) is 0 Å². The molecule has 4 nitrogen and oxygen atoms in total. The van der Waals surface area contributed by atoms with Crippen molar-refractivity contribution in [3.63, 3.8) is 0 Å². The van der Waals surface area contributed by atoms with E-state index in [0.29, 0.717) is 11.9 Å². The number of ether oxygens (including phenoxy) is 1. The Morgan fingerprint density at radius 3 is 3.20 bits per heavy atom. The molecular weight excluding hydrogens is 190 g/mol. The summed E-state index contributed by atoms with van der Waals surface area (Å²) in [5.41, 5.74) is 6.89. The highest BCUT2D eigenvalue weighted by Gasteiger charge is 2.20. The molecule has 0 aliphatic carbocycles. The molecule has 0 bridgehead atoms. The van der Waals surface area contributed by atoms with Gasteiger partial charge in [-0.15, -0.1) is 0 Å². The van der Waals surface area contributed by atoms with E-state index >= 15 is 0 Å². The minimum Gasteiger partial charge on any atom is -0.383 e. The van der Waals surface area contributed by atoms with Crippen molar-refractivity contribution in [2.75, 3.05) is 26.0 Å². The van der Waals surface area contributed by atoms with Crippen LogP contribution >= 0.6 is 0 Å². The Labute approximate surface area is 90.0 Å². The van der Waals surface area contributed by atoms with Crippen molar-refractivity contribution < 1.29 is 4.74 Å². The molecule has 2 heterocycles. The number of aromatic nitrogens is 1. The number of pyridine rings is 1. The van der Waals surface area contributed by atoms with E-state index in [9.17, 15) is 0 Å². The molecule has 0 radical (unpaired) electrons. The Kier molecular flexibility index (Phi) is 3.18. The van der Waals surface area contributed by atoms with E-state index in [2.05, 4.69) is 16.9 Å². The average molecular weight is 207 g/mol. The van der Waals surface area contributed by atoms with Crippen LogP contribution in [0.25, 0.3) is 0 Å². The molecule has 4 heteroatoms. The third-order valence-electron chi connectivity index (χ3n) is 2.87. The Balaban J connectivity index is 1.99. The van der Waals surface area contributed by atoms with Gasteiger partial charge in [-0.1, -0.05) is 6.07 Å². The van der Waals surface area contributed by atoms with Crippen molar-refractivity contribution in [3.8, 4) is 0 Å². The number of likely N-dealkylation sites (N-methyl/N-ethyl adjacent to an activating group) is 1. The summed E-state index contributed by atoms with van der Waals surface area (Å²) in [4.78, 5) is 6.36. The lowest BCUT2D eigenvalue weighted by atomic mass is 10.2. The van der Waals surface area contributed by atoms with Crippen LogP contribution in [0.1, 0.15) is 12.0 Å². The summed E-state index contributed by atoms with van der Waals surface area (Å²) in [6.07, 6.45) is 2.83. The standard InChI is InChI=1S/C11H17N3O/c1-14(10-4-6-15-8-10)7-9-3-2-5-13-11(9)12/h2-3,5,10H,4,6-8H2,1H3,(H2,12,13). The zero-order valence-electron chi connectivity index (χ0n) is 9.02. The normalized spacial score (nSPS) is 21.1. The zero-order chi connectivity index (χ0) is 10.7. The van der Waals surface area contributed by atoms with E-state index in [1.165, 1.54) is 0 Å². The molecule has 1 saturated heterocycles. The monoisotopic (exact) mass is 207 g/mol. The van der Waals surface area contributed by atoms with Crippen LogP contribution in [0.4, 0.5) is 5.82 Å². The molecule has 0 saturated carbocycles. The molecule has 1 unspecified atom stereocenters. The molecule has 0 amide bonds. The first-order valence-corrected chi connectivity index (χ1v) is 5.24. The smallest absolute Gasteiger partial charge is 0.127 e. The summed E-state index contributed by atoms with van der Waals surface area (Å²) in [6, 6.07) is 4.46. The summed E-state index contributed by atoms with van der Waals surface area (Å²) >= 11 is 0. The van der Waals surface area contributed by atoms with E-state index in [0.717, 1.165) is 31.7 Å². The lowest BCUT2D eigenvalue weighted by Crippen LogP contribution is -2.31. The molecule has 1 aromatic heterocycles. The van der Waals surface area contributed by atoms with Gasteiger partial charge in [-0.05, 0) is 19.5 Å². The molecule has 0 spiro atoms. The van der Waals surface area contributed by atoms with Crippen LogP contribution < -0.4 is 5.73 Å². The second kappa shape index (κ2) is 4.59. The maximum atomic E-state index is 5.80. The highest BCUT2D eigenvalue weighted by Crippen LogP contribution is 2.16. The van der Waals surface area contributed by atoms with Crippen LogP contribution in [0.15, 0.2) is 18.3 Å². The number of hydrogen-bond donors (Lipinski definition) is 1. The maximum absolute atomic E-state index is 5.80. The van der Waals surface area contributed by atoms with Crippen molar-refractivity contribution >= 4 is 5.82 Å². The molecule has 0 aromatic carbocycles. The maximum Gasteiger partial charge on any atom is 0.127 e. The Bertz CT molecular complexity index is 323. The largest absolute Gasteiger partial charge is 0.383 e. The molecular formula is C11H17N3O.